The molecule has 1 atom stereocenters. The molecule has 0 radical (unpaired) electrons. The number of fused-ring (bicyclic) bond motifs is 1. The van der Waals surface area contributed by atoms with Gasteiger partial charge in [0, 0.05) is 22.0 Å². The summed E-state index contributed by atoms with van der Waals surface area (Å²) < 4.78 is 19.4. The van der Waals surface area contributed by atoms with Gasteiger partial charge in [0.1, 0.15) is 18.4 Å². The predicted molar refractivity (Wildman–Crippen MR) is 171 cm³/mol. The van der Waals surface area contributed by atoms with Crippen molar-refractivity contribution < 1.29 is 19.0 Å². The maximum Gasteiger partial charge on any atom is 0.255 e. The van der Waals surface area contributed by atoms with Gasteiger partial charge in [-0.25, -0.2) is 4.68 Å². The van der Waals surface area contributed by atoms with E-state index in [0.29, 0.717) is 56.9 Å². The molecule has 4 aromatic rings. The summed E-state index contributed by atoms with van der Waals surface area (Å²) in [5.74, 6) is 2.82. The topological polar surface area (TPSA) is 99.5 Å². The third-order valence-electron chi connectivity index (χ3n) is 6.79. The Balaban J connectivity index is 1.52. The monoisotopic (exact) mass is 619 g/mol. The number of hydrogen-bond donors (Lipinski definition) is 2. The van der Waals surface area contributed by atoms with E-state index in [4.69, 9.17) is 35.9 Å². The lowest BCUT2D eigenvalue weighted by molar-refractivity contribution is -0.113. The summed E-state index contributed by atoms with van der Waals surface area (Å²) in [6.45, 7) is 6.64. The zero-order valence-corrected chi connectivity index (χ0v) is 26.1. The standard InChI is InChI=1S/C32H34ClN5O4S/c1-5-17-43-32-36-31-34-20(3)28(30(39)35-24-13-9-10-14-25(24)41-6-2)29(38(31)37-32)21-15-16-26(27(18-21)40-4)42-19-22-11-7-8-12-23(22)33/h7-16,18,29H,5-6,17,19H2,1-4H3,(H,35,39)(H,34,36,37). The second kappa shape index (κ2) is 13.9. The lowest BCUT2D eigenvalue weighted by atomic mass is 9.94. The molecule has 224 valence electrons. The Labute approximate surface area is 260 Å². The van der Waals surface area contributed by atoms with Crippen molar-refractivity contribution in [2.45, 2.75) is 45.0 Å². The average Bonchev–Trinajstić information content (AvgIpc) is 3.42. The summed E-state index contributed by atoms with van der Waals surface area (Å²) in [5.41, 5.74) is 3.38. The molecule has 0 aliphatic carbocycles. The van der Waals surface area contributed by atoms with Crippen LogP contribution in [0, 0.1) is 0 Å². The fourth-order valence-corrected chi connectivity index (χ4v) is 5.65. The molecule has 1 aromatic heterocycles. The maximum atomic E-state index is 14.0. The summed E-state index contributed by atoms with van der Waals surface area (Å²) >= 11 is 7.91. The van der Waals surface area contributed by atoms with E-state index in [-0.39, 0.29) is 12.5 Å². The molecule has 2 heterocycles. The molecule has 0 fully saturated rings. The Hall–Kier alpha value is -4.15. The summed E-state index contributed by atoms with van der Waals surface area (Å²) in [5, 5.41) is 12.4. The number of thioether (sulfide) groups is 1. The van der Waals surface area contributed by atoms with Crippen molar-refractivity contribution in [3.8, 4) is 17.2 Å². The quantitative estimate of drug-likeness (QED) is 0.159. The molecule has 43 heavy (non-hydrogen) atoms. The number of rotatable bonds is 12. The van der Waals surface area contributed by atoms with E-state index in [9.17, 15) is 4.79 Å². The molecule has 2 N–H and O–H groups in total. The van der Waals surface area contributed by atoms with Crippen LogP contribution in [0.1, 0.15) is 44.4 Å². The third-order valence-corrected chi connectivity index (χ3v) is 8.20. The second-order valence-electron chi connectivity index (χ2n) is 9.75. The minimum atomic E-state index is -0.592. The van der Waals surface area contributed by atoms with E-state index in [1.807, 2.05) is 80.6 Å². The van der Waals surface area contributed by atoms with Gasteiger partial charge in [-0.2, -0.15) is 4.98 Å². The Morgan fingerprint density at radius 3 is 2.60 bits per heavy atom. The number of ether oxygens (including phenoxy) is 3. The first-order valence-electron chi connectivity index (χ1n) is 14.1. The van der Waals surface area contributed by atoms with Crippen LogP contribution in [0.5, 0.6) is 17.2 Å². The van der Waals surface area contributed by atoms with Crippen LogP contribution < -0.4 is 24.8 Å². The Morgan fingerprint density at radius 2 is 1.84 bits per heavy atom. The van der Waals surface area contributed by atoms with E-state index in [1.54, 1.807) is 23.6 Å². The van der Waals surface area contributed by atoms with E-state index in [0.717, 1.165) is 23.3 Å². The van der Waals surface area contributed by atoms with Gasteiger partial charge in [0.2, 0.25) is 11.1 Å². The van der Waals surface area contributed by atoms with Gasteiger partial charge in [-0.15, -0.1) is 5.10 Å². The van der Waals surface area contributed by atoms with Crippen LogP contribution in [0.15, 0.2) is 83.2 Å². The van der Waals surface area contributed by atoms with Gasteiger partial charge in [-0.3, -0.25) is 4.79 Å². The van der Waals surface area contributed by atoms with E-state index < -0.39 is 6.04 Å². The number of para-hydroxylation sites is 2. The van der Waals surface area contributed by atoms with Gasteiger partial charge in [0.25, 0.3) is 5.91 Å². The van der Waals surface area contributed by atoms with Crippen LogP contribution in [-0.4, -0.2) is 40.1 Å². The van der Waals surface area contributed by atoms with Crippen molar-refractivity contribution in [3.63, 3.8) is 0 Å². The number of methoxy groups -OCH3 is 1. The largest absolute Gasteiger partial charge is 0.493 e. The van der Waals surface area contributed by atoms with Gasteiger partial charge in [0.05, 0.1) is 25.0 Å². The van der Waals surface area contributed by atoms with Crippen LogP contribution in [0.2, 0.25) is 5.02 Å². The molecular weight excluding hydrogens is 586 g/mol. The van der Waals surface area contributed by atoms with Gasteiger partial charge in [-0.05, 0) is 56.2 Å². The minimum Gasteiger partial charge on any atom is -0.493 e. The number of nitrogens with one attached hydrogen (secondary N) is 2. The number of carbonyl (C=O) groups is 1. The Kier molecular flexibility index (Phi) is 9.79. The Morgan fingerprint density at radius 1 is 1.05 bits per heavy atom. The lowest BCUT2D eigenvalue weighted by Gasteiger charge is -2.29. The molecular formula is C32H34ClN5O4S. The smallest absolute Gasteiger partial charge is 0.255 e. The third kappa shape index (κ3) is 6.76. The fourth-order valence-electron chi connectivity index (χ4n) is 4.77. The van der Waals surface area contributed by atoms with Crippen molar-refractivity contribution in [2.75, 3.05) is 30.1 Å². The second-order valence-corrected chi connectivity index (χ2v) is 11.2. The number of hydrogen-bond acceptors (Lipinski definition) is 8. The van der Waals surface area contributed by atoms with Crippen molar-refractivity contribution in [1.82, 2.24) is 14.8 Å². The van der Waals surface area contributed by atoms with E-state index in [2.05, 4.69) is 17.6 Å². The normalized spacial score (nSPS) is 14.1. The molecule has 1 aliphatic heterocycles. The molecule has 5 rings (SSSR count). The number of anilines is 2. The molecule has 1 unspecified atom stereocenters. The maximum absolute atomic E-state index is 14.0. The first-order chi connectivity index (χ1) is 20.9. The van der Waals surface area contributed by atoms with E-state index >= 15 is 0 Å². The van der Waals surface area contributed by atoms with Crippen LogP contribution >= 0.6 is 23.4 Å². The molecule has 1 aliphatic rings. The summed E-state index contributed by atoms with van der Waals surface area (Å²) in [7, 11) is 1.59. The number of amides is 1. The molecule has 0 saturated heterocycles. The van der Waals surface area contributed by atoms with Crippen LogP contribution in [0.3, 0.4) is 0 Å². The number of carbonyl (C=O) groups excluding carboxylic acids is 1. The zero-order chi connectivity index (χ0) is 30.3. The van der Waals surface area contributed by atoms with Gasteiger partial charge >= 0.3 is 0 Å². The van der Waals surface area contributed by atoms with Gasteiger partial charge in [0.15, 0.2) is 11.5 Å². The van der Waals surface area contributed by atoms with Crippen molar-refractivity contribution in [2.24, 2.45) is 0 Å². The highest BCUT2D eigenvalue weighted by Gasteiger charge is 2.35. The highest BCUT2D eigenvalue weighted by atomic mass is 35.5. The molecule has 11 heteroatoms. The Bertz CT molecular complexity index is 1640. The molecule has 3 aromatic carbocycles. The number of halogens is 1. The van der Waals surface area contributed by atoms with Crippen molar-refractivity contribution >= 4 is 40.9 Å². The lowest BCUT2D eigenvalue weighted by Crippen LogP contribution is -2.31. The first-order valence-corrected chi connectivity index (χ1v) is 15.4. The summed E-state index contributed by atoms with van der Waals surface area (Å²) in [4.78, 5) is 18.7. The van der Waals surface area contributed by atoms with Crippen molar-refractivity contribution in [1.29, 1.82) is 0 Å². The van der Waals surface area contributed by atoms with E-state index in [1.165, 1.54) is 0 Å². The zero-order valence-electron chi connectivity index (χ0n) is 24.5. The minimum absolute atomic E-state index is 0.278. The number of benzene rings is 3. The van der Waals surface area contributed by atoms with Crippen LogP contribution in [0.25, 0.3) is 0 Å². The molecule has 0 saturated carbocycles. The molecule has 0 spiro atoms. The SMILES string of the molecule is CCCSc1nc2n(n1)C(c1ccc(OCc3ccccc3Cl)c(OC)c1)C(C(=O)Nc1ccccc1OCC)=C(C)N2. The molecule has 1 amide bonds. The average molecular weight is 620 g/mol. The molecule has 9 nitrogen and oxygen atoms in total. The number of aromatic nitrogens is 3. The van der Waals surface area contributed by atoms with Gasteiger partial charge in [-0.1, -0.05) is 66.7 Å². The number of nitrogens with zero attached hydrogens (tertiary/aromatic N) is 3. The van der Waals surface area contributed by atoms with Gasteiger partial charge < -0.3 is 24.8 Å². The summed E-state index contributed by atoms with van der Waals surface area (Å²) in [6, 6.07) is 19.9. The highest BCUT2D eigenvalue weighted by Crippen LogP contribution is 2.40. The van der Waals surface area contributed by atoms with Crippen LogP contribution in [-0.2, 0) is 11.4 Å². The summed E-state index contributed by atoms with van der Waals surface area (Å²) in [6.07, 6.45) is 0.989. The molecule has 0 bridgehead atoms. The highest BCUT2D eigenvalue weighted by molar-refractivity contribution is 7.99. The predicted octanol–water partition coefficient (Wildman–Crippen LogP) is 7.35. The fraction of sp³-hybridized carbons (Fsp3) is 0.281. The van der Waals surface area contributed by atoms with Crippen molar-refractivity contribution in [3.05, 3.63) is 94.1 Å². The van der Waals surface area contributed by atoms with Crippen LogP contribution in [0.4, 0.5) is 11.6 Å². The first kappa shape index (κ1) is 30.3. The number of allylic oxidation sites excluding steroid dienone is 1.